The van der Waals surface area contributed by atoms with Crippen molar-refractivity contribution in [3.63, 3.8) is 0 Å². The molecule has 0 aliphatic rings. The minimum Gasteiger partial charge on any atom is -0.309 e. The average Bonchev–Trinajstić information content (AvgIpc) is 3.81. The van der Waals surface area contributed by atoms with Crippen LogP contribution in [0, 0.1) is 5.82 Å². The van der Waals surface area contributed by atoms with Crippen LogP contribution < -0.4 is 0 Å². The normalized spacial score (nSPS) is 11.5. The van der Waals surface area contributed by atoms with Gasteiger partial charge in [0.2, 0.25) is 0 Å². The Labute approximate surface area is 351 Å². The SMILES string of the molecule is C=C/C=C\C(C)=C/C.C=CC.Fc1cc(-c2ccc3ccccc3c2)cc(-n2c3ccccc3c3cc(-c4ccc5c(c4)c4ccccc4n5-c4ccccc4)ccc32)c1. The molecule has 0 saturated heterocycles. The van der Waals surface area contributed by atoms with Crippen molar-refractivity contribution >= 4 is 54.4 Å². The summed E-state index contributed by atoms with van der Waals surface area (Å²) in [6.45, 7) is 12.9. The van der Waals surface area contributed by atoms with Crippen molar-refractivity contribution in [1.82, 2.24) is 9.13 Å². The van der Waals surface area contributed by atoms with Crippen molar-refractivity contribution in [3.05, 3.63) is 231 Å². The van der Waals surface area contributed by atoms with Gasteiger partial charge < -0.3 is 9.13 Å². The van der Waals surface area contributed by atoms with Crippen LogP contribution in [0.2, 0.25) is 0 Å². The second-order valence-electron chi connectivity index (χ2n) is 14.8. The average molecular weight is 779 g/mol. The predicted molar refractivity (Wildman–Crippen MR) is 258 cm³/mol. The zero-order chi connectivity index (χ0) is 41.6. The maximum Gasteiger partial charge on any atom is 0.125 e. The molecule has 0 radical (unpaired) electrons. The second-order valence-corrected chi connectivity index (χ2v) is 14.8. The molecule has 3 heteroatoms. The van der Waals surface area contributed by atoms with E-state index in [9.17, 15) is 0 Å². The fourth-order valence-electron chi connectivity index (χ4n) is 7.99. The first kappa shape index (κ1) is 39.3. The van der Waals surface area contributed by atoms with Crippen LogP contribution in [0.25, 0.3) is 88.0 Å². The fraction of sp³-hybridized carbons (Fsp3) is 0.0526. The standard InChI is InChI=1S/C46H29FN2.C8H12.C3H6/c47-36-25-35(32-19-18-30-10-4-5-11-31(30)24-32)26-38(29-36)49-44-17-9-7-15-40(44)42-28-34(21-23-46(42)49)33-20-22-45-41(27-33)39-14-6-8-16-43(39)48(45)37-12-2-1-3-13-37;1-4-6-7-8(3)5-2;1-3-2/h1-29H;4-7H,1H2,2-3H3;3H,1H2,2H3/b;7-6-,8-5-;. The predicted octanol–water partition coefficient (Wildman–Crippen LogP) is 16.4. The van der Waals surface area contributed by atoms with Crippen LogP contribution in [0.5, 0.6) is 0 Å². The summed E-state index contributed by atoms with van der Waals surface area (Å²) in [4.78, 5) is 0. The first-order valence-electron chi connectivity index (χ1n) is 20.3. The first-order chi connectivity index (χ1) is 29.4. The van der Waals surface area contributed by atoms with Gasteiger partial charge in [0.15, 0.2) is 0 Å². The highest BCUT2D eigenvalue weighted by molar-refractivity contribution is 6.12. The summed E-state index contributed by atoms with van der Waals surface area (Å²) in [6, 6.07) is 61.0. The lowest BCUT2D eigenvalue weighted by Crippen LogP contribution is -1.96. The molecule has 0 aliphatic carbocycles. The van der Waals surface area contributed by atoms with E-state index < -0.39 is 0 Å². The van der Waals surface area contributed by atoms with Gasteiger partial charge in [-0.15, -0.1) is 6.58 Å². The van der Waals surface area contributed by atoms with E-state index in [-0.39, 0.29) is 5.82 Å². The Morgan fingerprint density at radius 3 is 1.57 bits per heavy atom. The zero-order valence-electron chi connectivity index (χ0n) is 34.3. The molecule has 0 aliphatic heterocycles. The number of para-hydroxylation sites is 3. The molecular weight excluding hydrogens is 732 g/mol. The molecule has 0 bridgehead atoms. The molecule has 0 amide bonds. The lowest BCUT2D eigenvalue weighted by atomic mass is 10.0. The number of fused-ring (bicyclic) bond motifs is 7. The molecule has 0 saturated carbocycles. The molecular formula is C57H47FN2. The molecule has 2 heterocycles. The Hall–Kier alpha value is -7.49. The minimum atomic E-state index is -0.258. The third kappa shape index (κ3) is 7.74. The van der Waals surface area contributed by atoms with E-state index in [1.54, 1.807) is 24.3 Å². The quantitative estimate of drug-likeness (QED) is 0.118. The third-order valence-corrected chi connectivity index (χ3v) is 10.9. The van der Waals surface area contributed by atoms with Crippen LogP contribution >= 0.6 is 0 Å². The van der Waals surface area contributed by atoms with E-state index in [4.69, 9.17) is 0 Å². The first-order valence-corrected chi connectivity index (χ1v) is 20.3. The molecule has 0 fully saturated rings. The molecule has 0 atom stereocenters. The van der Waals surface area contributed by atoms with Gasteiger partial charge >= 0.3 is 0 Å². The van der Waals surface area contributed by atoms with Crippen molar-refractivity contribution in [2.45, 2.75) is 20.8 Å². The van der Waals surface area contributed by atoms with Gasteiger partial charge in [0, 0.05) is 32.9 Å². The number of allylic oxidation sites excluding steroid dienone is 6. The lowest BCUT2D eigenvalue weighted by Gasteiger charge is -2.12. The Kier molecular flexibility index (Phi) is 11.5. The Morgan fingerprint density at radius 2 is 0.967 bits per heavy atom. The van der Waals surface area contributed by atoms with Gasteiger partial charge in [0.1, 0.15) is 5.82 Å². The van der Waals surface area contributed by atoms with Gasteiger partial charge in [-0.25, -0.2) is 4.39 Å². The molecule has 60 heavy (non-hydrogen) atoms. The summed E-state index contributed by atoms with van der Waals surface area (Å²) >= 11 is 0. The van der Waals surface area contributed by atoms with Gasteiger partial charge in [-0.3, -0.25) is 0 Å². The van der Waals surface area contributed by atoms with Crippen LogP contribution in [0.3, 0.4) is 0 Å². The van der Waals surface area contributed by atoms with Crippen molar-refractivity contribution < 1.29 is 4.39 Å². The van der Waals surface area contributed by atoms with Crippen LogP contribution in [-0.4, -0.2) is 9.13 Å². The highest BCUT2D eigenvalue weighted by Gasteiger charge is 2.17. The Morgan fingerprint density at radius 1 is 0.467 bits per heavy atom. The molecule has 0 unspecified atom stereocenters. The monoisotopic (exact) mass is 778 g/mol. The van der Waals surface area contributed by atoms with E-state index in [0.717, 1.165) is 60.8 Å². The van der Waals surface area contributed by atoms with Gasteiger partial charge in [0.05, 0.1) is 22.1 Å². The van der Waals surface area contributed by atoms with E-state index >= 15 is 4.39 Å². The topological polar surface area (TPSA) is 9.86 Å². The summed E-state index contributed by atoms with van der Waals surface area (Å²) in [5.74, 6) is -0.258. The molecule has 0 spiro atoms. The van der Waals surface area contributed by atoms with Gasteiger partial charge in [-0.1, -0.05) is 146 Å². The van der Waals surface area contributed by atoms with Crippen LogP contribution in [0.15, 0.2) is 225 Å². The Balaban J connectivity index is 0.000000405. The van der Waals surface area contributed by atoms with Crippen molar-refractivity contribution in [1.29, 1.82) is 0 Å². The van der Waals surface area contributed by atoms with E-state index in [1.807, 2.05) is 38.1 Å². The molecule has 10 rings (SSSR count). The summed E-state index contributed by atoms with van der Waals surface area (Å²) in [5.41, 5.74) is 11.8. The number of nitrogens with zero attached hydrogens (tertiary/aromatic N) is 2. The zero-order valence-corrected chi connectivity index (χ0v) is 34.3. The maximum absolute atomic E-state index is 15.4. The summed E-state index contributed by atoms with van der Waals surface area (Å²) in [7, 11) is 0. The lowest BCUT2D eigenvalue weighted by molar-refractivity contribution is 0.627. The highest BCUT2D eigenvalue weighted by atomic mass is 19.1. The molecule has 0 N–H and O–H groups in total. The fourth-order valence-corrected chi connectivity index (χ4v) is 7.99. The van der Waals surface area contributed by atoms with Crippen LogP contribution in [-0.2, 0) is 0 Å². The van der Waals surface area contributed by atoms with Crippen LogP contribution in [0.1, 0.15) is 20.8 Å². The van der Waals surface area contributed by atoms with E-state index in [0.29, 0.717) is 0 Å². The van der Waals surface area contributed by atoms with Gasteiger partial charge in [0.25, 0.3) is 0 Å². The minimum absolute atomic E-state index is 0.258. The number of aromatic nitrogens is 2. The summed E-state index contributed by atoms with van der Waals surface area (Å²) < 4.78 is 20.0. The molecule has 2 nitrogen and oxygen atoms in total. The number of hydrogen-bond donors (Lipinski definition) is 0. The molecule has 2 aromatic heterocycles. The summed E-state index contributed by atoms with van der Waals surface area (Å²) in [5, 5.41) is 7.03. The van der Waals surface area contributed by atoms with Crippen molar-refractivity contribution in [3.8, 4) is 33.6 Å². The van der Waals surface area contributed by atoms with Gasteiger partial charge in [-0.05, 0) is 127 Å². The van der Waals surface area contributed by atoms with Crippen LogP contribution in [0.4, 0.5) is 4.39 Å². The number of rotatable bonds is 6. The van der Waals surface area contributed by atoms with E-state index in [1.165, 1.54) is 32.8 Å². The number of hydrogen-bond acceptors (Lipinski definition) is 0. The molecule has 292 valence electrons. The molecule has 8 aromatic carbocycles. The third-order valence-electron chi connectivity index (χ3n) is 10.9. The Bertz CT molecular complexity index is 3230. The number of benzene rings is 8. The van der Waals surface area contributed by atoms with Crippen molar-refractivity contribution in [2.24, 2.45) is 0 Å². The van der Waals surface area contributed by atoms with Gasteiger partial charge in [-0.2, -0.15) is 0 Å². The number of halogens is 1. The summed E-state index contributed by atoms with van der Waals surface area (Å²) in [6.07, 6.45) is 9.52. The second kappa shape index (κ2) is 17.6. The maximum atomic E-state index is 15.4. The van der Waals surface area contributed by atoms with Crippen molar-refractivity contribution in [2.75, 3.05) is 0 Å². The molecule has 10 aromatic rings. The van der Waals surface area contributed by atoms with E-state index in [2.05, 4.69) is 187 Å². The largest absolute Gasteiger partial charge is 0.309 e. The smallest absolute Gasteiger partial charge is 0.125 e. The highest BCUT2D eigenvalue weighted by Crippen LogP contribution is 2.39.